The summed E-state index contributed by atoms with van der Waals surface area (Å²) < 4.78 is 0. The molecule has 1 saturated carbocycles. The molecule has 0 aliphatic heterocycles. The maximum atomic E-state index is 10.3. The van der Waals surface area contributed by atoms with Gasteiger partial charge in [-0.2, -0.15) is 0 Å². The summed E-state index contributed by atoms with van der Waals surface area (Å²) in [5, 5.41) is 8.50. The molecule has 0 amide bonds. The van der Waals surface area contributed by atoms with Gasteiger partial charge in [0.05, 0.1) is 0 Å². The van der Waals surface area contributed by atoms with Gasteiger partial charge in [0.1, 0.15) is 0 Å². The number of hydrogen-bond acceptors (Lipinski definition) is 2. The Kier molecular flexibility index (Phi) is 4.39. The second-order valence-electron chi connectivity index (χ2n) is 4.51. The molecule has 0 saturated heterocycles. The molecular weight excluding hydrogens is 178 g/mol. The zero-order valence-electron chi connectivity index (χ0n) is 9.20. The molecule has 0 aromatic rings. The highest BCUT2D eigenvalue weighted by Gasteiger charge is 2.24. The van der Waals surface area contributed by atoms with Crippen LogP contribution in [0, 0.1) is 5.92 Å². The normalized spacial score (nSPS) is 18.5. The van der Waals surface area contributed by atoms with Crippen LogP contribution in [0.2, 0.25) is 0 Å². The van der Waals surface area contributed by atoms with Gasteiger partial charge in [-0.15, -0.1) is 0 Å². The smallest absolute Gasteiger partial charge is 0.303 e. The Hall–Kier alpha value is -0.570. The molecule has 0 heterocycles. The molecule has 1 rings (SSSR count). The van der Waals surface area contributed by atoms with Crippen molar-refractivity contribution in [2.75, 3.05) is 13.6 Å². The molecule has 3 nitrogen and oxygen atoms in total. The highest BCUT2D eigenvalue weighted by atomic mass is 16.4. The first-order chi connectivity index (χ1) is 6.59. The number of carbonyl (C=O) groups is 1. The standard InChI is InChI=1S/C11H21NO2/c1-9(8-10-5-6-10)12(2)7-3-4-11(13)14/h9-10H,3-8H2,1-2H3,(H,13,14). The summed E-state index contributed by atoms with van der Waals surface area (Å²) in [6.45, 7) is 3.14. The minimum absolute atomic E-state index is 0.292. The maximum absolute atomic E-state index is 10.3. The van der Waals surface area contributed by atoms with Crippen molar-refractivity contribution in [2.24, 2.45) is 5.92 Å². The Bertz CT molecular complexity index is 190. The lowest BCUT2D eigenvalue weighted by Gasteiger charge is -2.24. The van der Waals surface area contributed by atoms with E-state index in [0.717, 1.165) is 18.9 Å². The van der Waals surface area contributed by atoms with E-state index in [4.69, 9.17) is 5.11 Å². The first kappa shape index (κ1) is 11.5. The van der Waals surface area contributed by atoms with Crippen molar-refractivity contribution in [3.63, 3.8) is 0 Å². The van der Waals surface area contributed by atoms with E-state index in [1.54, 1.807) is 0 Å². The minimum Gasteiger partial charge on any atom is -0.481 e. The summed E-state index contributed by atoms with van der Waals surface area (Å²) in [4.78, 5) is 12.6. The molecule has 0 aromatic carbocycles. The van der Waals surface area contributed by atoms with E-state index in [1.165, 1.54) is 19.3 Å². The van der Waals surface area contributed by atoms with Crippen molar-refractivity contribution in [3.05, 3.63) is 0 Å². The molecule has 14 heavy (non-hydrogen) atoms. The molecule has 1 atom stereocenters. The second-order valence-corrected chi connectivity index (χ2v) is 4.51. The lowest BCUT2D eigenvalue weighted by Crippen LogP contribution is -2.30. The van der Waals surface area contributed by atoms with E-state index in [9.17, 15) is 4.79 Å². The van der Waals surface area contributed by atoms with E-state index >= 15 is 0 Å². The van der Waals surface area contributed by atoms with Gasteiger partial charge in [0.25, 0.3) is 0 Å². The van der Waals surface area contributed by atoms with E-state index in [2.05, 4.69) is 18.9 Å². The van der Waals surface area contributed by atoms with Crippen LogP contribution in [0.4, 0.5) is 0 Å². The Morgan fingerprint density at radius 2 is 2.21 bits per heavy atom. The molecule has 1 fully saturated rings. The van der Waals surface area contributed by atoms with Crippen LogP contribution in [0.5, 0.6) is 0 Å². The third-order valence-corrected chi connectivity index (χ3v) is 3.03. The maximum Gasteiger partial charge on any atom is 0.303 e. The van der Waals surface area contributed by atoms with Gasteiger partial charge in [0.2, 0.25) is 0 Å². The molecule has 1 aliphatic rings. The monoisotopic (exact) mass is 199 g/mol. The molecule has 1 aliphatic carbocycles. The minimum atomic E-state index is -0.687. The topological polar surface area (TPSA) is 40.5 Å². The van der Waals surface area contributed by atoms with Crippen molar-refractivity contribution in [2.45, 2.75) is 45.1 Å². The van der Waals surface area contributed by atoms with Crippen LogP contribution in [0.1, 0.15) is 39.0 Å². The first-order valence-corrected chi connectivity index (χ1v) is 5.51. The number of nitrogens with zero attached hydrogens (tertiary/aromatic N) is 1. The van der Waals surface area contributed by atoms with Crippen molar-refractivity contribution >= 4 is 5.97 Å². The zero-order valence-corrected chi connectivity index (χ0v) is 9.20. The van der Waals surface area contributed by atoms with Crippen molar-refractivity contribution in [3.8, 4) is 0 Å². The van der Waals surface area contributed by atoms with Gasteiger partial charge in [-0.05, 0) is 39.3 Å². The first-order valence-electron chi connectivity index (χ1n) is 5.51. The van der Waals surface area contributed by atoms with Crippen LogP contribution in [0.25, 0.3) is 0 Å². The Balaban J connectivity index is 2.06. The quantitative estimate of drug-likeness (QED) is 0.681. The number of carboxylic acid groups (broad SMARTS) is 1. The second kappa shape index (κ2) is 5.35. The van der Waals surface area contributed by atoms with Crippen molar-refractivity contribution in [1.29, 1.82) is 0 Å². The number of aliphatic carboxylic acids is 1. The fraction of sp³-hybridized carbons (Fsp3) is 0.909. The Labute approximate surface area is 86.1 Å². The van der Waals surface area contributed by atoms with Crippen LogP contribution in [0.15, 0.2) is 0 Å². The zero-order chi connectivity index (χ0) is 10.6. The summed E-state index contributed by atoms with van der Waals surface area (Å²) >= 11 is 0. The Morgan fingerprint density at radius 1 is 1.57 bits per heavy atom. The summed E-state index contributed by atoms with van der Waals surface area (Å²) in [6.07, 6.45) is 5.13. The van der Waals surface area contributed by atoms with Crippen molar-refractivity contribution < 1.29 is 9.90 Å². The fourth-order valence-corrected chi connectivity index (χ4v) is 1.72. The Morgan fingerprint density at radius 3 is 2.71 bits per heavy atom. The van der Waals surface area contributed by atoms with Gasteiger partial charge in [0, 0.05) is 12.5 Å². The molecule has 82 valence electrons. The lowest BCUT2D eigenvalue weighted by atomic mass is 10.1. The third-order valence-electron chi connectivity index (χ3n) is 3.03. The predicted molar refractivity (Wildman–Crippen MR) is 56.3 cm³/mol. The summed E-state index contributed by atoms with van der Waals surface area (Å²) in [7, 11) is 2.09. The molecule has 0 bridgehead atoms. The van der Waals surface area contributed by atoms with Gasteiger partial charge in [-0.3, -0.25) is 4.79 Å². The van der Waals surface area contributed by atoms with Gasteiger partial charge in [-0.1, -0.05) is 12.8 Å². The molecule has 1 N–H and O–H groups in total. The third kappa shape index (κ3) is 4.61. The predicted octanol–water partition coefficient (Wildman–Crippen LogP) is 1.97. The average Bonchev–Trinajstić information content (AvgIpc) is 2.87. The van der Waals surface area contributed by atoms with Gasteiger partial charge >= 0.3 is 5.97 Å². The fourth-order valence-electron chi connectivity index (χ4n) is 1.72. The average molecular weight is 199 g/mol. The molecule has 3 heteroatoms. The van der Waals surface area contributed by atoms with E-state index in [-0.39, 0.29) is 0 Å². The summed E-state index contributed by atoms with van der Waals surface area (Å²) in [6, 6.07) is 0.608. The highest BCUT2D eigenvalue weighted by Crippen LogP contribution is 2.34. The molecule has 0 aromatic heterocycles. The largest absolute Gasteiger partial charge is 0.481 e. The van der Waals surface area contributed by atoms with Crippen LogP contribution in [-0.2, 0) is 4.79 Å². The van der Waals surface area contributed by atoms with Crippen LogP contribution >= 0.6 is 0 Å². The molecule has 0 radical (unpaired) electrons. The van der Waals surface area contributed by atoms with Gasteiger partial charge < -0.3 is 10.0 Å². The highest BCUT2D eigenvalue weighted by molar-refractivity contribution is 5.66. The molecular formula is C11H21NO2. The van der Waals surface area contributed by atoms with E-state index in [1.807, 2.05) is 0 Å². The lowest BCUT2D eigenvalue weighted by molar-refractivity contribution is -0.137. The summed E-state index contributed by atoms with van der Waals surface area (Å²) in [5.74, 6) is 0.264. The number of hydrogen-bond donors (Lipinski definition) is 1. The van der Waals surface area contributed by atoms with Crippen molar-refractivity contribution in [1.82, 2.24) is 4.90 Å². The van der Waals surface area contributed by atoms with Crippen LogP contribution in [-0.4, -0.2) is 35.6 Å². The van der Waals surface area contributed by atoms with Gasteiger partial charge in [0.15, 0.2) is 0 Å². The van der Waals surface area contributed by atoms with Crippen LogP contribution in [0.3, 0.4) is 0 Å². The molecule has 0 spiro atoms. The number of rotatable bonds is 7. The number of carboxylic acids is 1. The molecule has 1 unspecified atom stereocenters. The van der Waals surface area contributed by atoms with Gasteiger partial charge in [-0.25, -0.2) is 0 Å². The van der Waals surface area contributed by atoms with E-state index < -0.39 is 5.97 Å². The van der Waals surface area contributed by atoms with E-state index in [0.29, 0.717) is 12.5 Å². The SMILES string of the molecule is CC(CC1CC1)N(C)CCCC(=O)O. The summed E-state index contributed by atoms with van der Waals surface area (Å²) in [5.41, 5.74) is 0. The van der Waals surface area contributed by atoms with Crippen LogP contribution < -0.4 is 0 Å².